The van der Waals surface area contributed by atoms with Crippen molar-refractivity contribution in [2.75, 3.05) is 45.7 Å². The van der Waals surface area contributed by atoms with Gasteiger partial charge < -0.3 is 15.0 Å². The van der Waals surface area contributed by atoms with Crippen LogP contribution in [0, 0.1) is 6.92 Å². The maximum absolute atomic E-state index is 12.8. The summed E-state index contributed by atoms with van der Waals surface area (Å²) in [4.78, 5) is 19.2. The molecule has 2 heterocycles. The molecule has 1 aromatic heterocycles. The second kappa shape index (κ2) is 9.99. The van der Waals surface area contributed by atoms with E-state index in [4.69, 9.17) is 4.74 Å². The summed E-state index contributed by atoms with van der Waals surface area (Å²) in [5.74, 6) is 0.401. The maximum atomic E-state index is 12.8. The molecule has 0 spiro atoms. The van der Waals surface area contributed by atoms with Gasteiger partial charge in [0.15, 0.2) is 0 Å². The Morgan fingerprint density at radius 1 is 1.19 bits per heavy atom. The number of amides is 1. The maximum Gasteiger partial charge on any atom is 0.244 e. The lowest BCUT2D eigenvalue weighted by atomic mass is 10.2. The van der Waals surface area contributed by atoms with E-state index in [0.717, 1.165) is 5.56 Å². The van der Waals surface area contributed by atoms with Crippen LogP contribution in [0.2, 0.25) is 0 Å². The fourth-order valence-corrected chi connectivity index (χ4v) is 5.31. The van der Waals surface area contributed by atoms with Crippen molar-refractivity contribution < 1.29 is 17.9 Å². The van der Waals surface area contributed by atoms with E-state index in [1.165, 1.54) is 22.3 Å². The third-order valence-corrected chi connectivity index (χ3v) is 8.02. The summed E-state index contributed by atoms with van der Waals surface area (Å²) in [5, 5.41) is 3.03. The lowest BCUT2D eigenvalue weighted by Gasteiger charge is -2.31. The number of ether oxygens (including phenoxy) is 1. The summed E-state index contributed by atoms with van der Waals surface area (Å²) in [6, 6.07) is 8.77. The fraction of sp³-hybridized carbons (Fsp3) is 0.429. The van der Waals surface area contributed by atoms with Crippen LogP contribution >= 0.6 is 11.8 Å². The molecule has 1 saturated heterocycles. The first-order valence-corrected chi connectivity index (χ1v) is 12.3. The Bertz CT molecular complexity index is 1020. The van der Waals surface area contributed by atoms with Crippen LogP contribution < -0.4 is 10.1 Å². The highest BCUT2D eigenvalue weighted by molar-refractivity contribution is 8.00. The molecule has 1 aliphatic heterocycles. The summed E-state index contributed by atoms with van der Waals surface area (Å²) in [7, 11) is -0.0260. The first kappa shape index (κ1) is 23.5. The molecule has 31 heavy (non-hydrogen) atoms. The molecule has 2 aromatic rings. The van der Waals surface area contributed by atoms with Crippen molar-refractivity contribution in [2.24, 2.45) is 0 Å². The molecule has 1 aromatic carbocycles. The average Bonchev–Trinajstić information content (AvgIpc) is 2.74. The number of pyridine rings is 1. The quantitative estimate of drug-likeness (QED) is 0.629. The smallest absolute Gasteiger partial charge is 0.244 e. The average molecular weight is 465 g/mol. The molecule has 0 aliphatic carbocycles. The van der Waals surface area contributed by atoms with Gasteiger partial charge in [-0.25, -0.2) is 13.4 Å². The molecular formula is C21H28N4O4S2. The predicted octanol–water partition coefficient (Wildman–Crippen LogP) is 2.45. The lowest BCUT2D eigenvalue weighted by molar-refractivity contribution is -0.115. The minimum Gasteiger partial charge on any atom is -0.495 e. The minimum absolute atomic E-state index is 0.169. The van der Waals surface area contributed by atoms with Crippen molar-refractivity contribution in [1.29, 1.82) is 0 Å². The van der Waals surface area contributed by atoms with Crippen molar-refractivity contribution in [3.63, 3.8) is 0 Å². The van der Waals surface area contributed by atoms with E-state index in [9.17, 15) is 13.2 Å². The molecule has 10 heteroatoms. The number of nitrogens with one attached hydrogen (secondary N) is 1. The number of benzene rings is 1. The van der Waals surface area contributed by atoms with Gasteiger partial charge in [0.25, 0.3) is 0 Å². The Morgan fingerprint density at radius 2 is 1.90 bits per heavy atom. The summed E-state index contributed by atoms with van der Waals surface area (Å²) >= 11 is 1.26. The third-order valence-electron chi connectivity index (χ3n) is 5.09. The van der Waals surface area contributed by atoms with Crippen LogP contribution in [-0.2, 0) is 14.8 Å². The number of nitrogens with zero attached hydrogens (tertiary/aromatic N) is 3. The summed E-state index contributed by atoms with van der Waals surface area (Å²) in [5.41, 5.74) is 1.62. The number of carbonyl (C=O) groups excluding carboxylic acids is 1. The zero-order valence-corrected chi connectivity index (χ0v) is 19.8. The number of hydrogen-bond donors (Lipinski definition) is 1. The predicted molar refractivity (Wildman–Crippen MR) is 122 cm³/mol. The zero-order valence-electron chi connectivity index (χ0n) is 18.2. The molecule has 0 radical (unpaired) electrons. The first-order chi connectivity index (χ1) is 14.7. The molecule has 168 valence electrons. The molecule has 1 amide bonds. The van der Waals surface area contributed by atoms with Gasteiger partial charge in [-0.3, -0.25) is 4.79 Å². The molecule has 1 N–H and O–H groups in total. The fourth-order valence-electron chi connectivity index (χ4n) is 3.16. The van der Waals surface area contributed by atoms with Crippen molar-refractivity contribution in [1.82, 2.24) is 14.2 Å². The number of sulfonamides is 1. The standard InChI is InChI=1S/C21H28N4O4S2/c1-15-5-7-19(29-4)18(13-15)23-21(26)16(2)30-20-8-6-17(14-22-20)31(27,28)25-11-9-24(3)10-12-25/h5-8,13-14,16H,9-12H2,1-4H3,(H,23,26). The van der Waals surface area contributed by atoms with Gasteiger partial charge in [-0.1, -0.05) is 17.8 Å². The number of methoxy groups -OCH3 is 1. The van der Waals surface area contributed by atoms with E-state index in [0.29, 0.717) is 42.6 Å². The van der Waals surface area contributed by atoms with E-state index in [2.05, 4.69) is 15.2 Å². The third kappa shape index (κ3) is 5.76. The molecule has 1 fully saturated rings. The largest absolute Gasteiger partial charge is 0.495 e. The first-order valence-electron chi connectivity index (χ1n) is 9.97. The summed E-state index contributed by atoms with van der Waals surface area (Å²) < 4.78 is 32.4. The number of aromatic nitrogens is 1. The number of hydrogen-bond acceptors (Lipinski definition) is 7. The Labute approximate surface area is 188 Å². The van der Waals surface area contributed by atoms with Gasteiger partial charge >= 0.3 is 0 Å². The second-order valence-corrected chi connectivity index (χ2v) is 10.8. The molecule has 3 rings (SSSR count). The molecule has 0 bridgehead atoms. The van der Waals surface area contributed by atoms with Crippen LogP contribution in [0.1, 0.15) is 12.5 Å². The SMILES string of the molecule is COc1ccc(C)cc1NC(=O)C(C)Sc1ccc(S(=O)(=O)N2CCN(C)CC2)cn1. The van der Waals surface area contributed by atoms with Gasteiger partial charge in [-0.2, -0.15) is 4.31 Å². The van der Waals surface area contributed by atoms with E-state index < -0.39 is 15.3 Å². The molecule has 1 atom stereocenters. The van der Waals surface area contributed by atoms with Crippen molar-refractivity contribution in [3.8, 4) is 5.75 Å². The van der Waals surface area contributed by atoms with Crippen LogP contribution in [0.25, 0.3) is 0 Å². The van der Waals surface area contributed by atoms with Crippen LogP contribution in [0.15, 0.2) is 46.5 Å². The lowest BCUT2D eigenvalue weighted by Crippen LogP contribution is -2.47. The van der Waals surface area contributed by atoms with Crippen molar-refractivity contribution in [3.05, 3.63) is 42.1 Å². The van der Waals surface area contributed by atoms with E-state index in [-0.39, 0.29) is 10.8 Å². The number of carbonyl (C=O) groups is 1. The molecule has 0 saturated carbocycles. The van der Waals surface area contributed by atoms with Gasteiger partial charge in [0.2, 0.25) is 15.9 Å². The highest BCUT2D eigenvalue weighted by Crippen LogP contribution is 2.28. The Balaban J connectivity index is 1.64. The van der Waals surface area contributed by atoms with Crippen molar-refractivity contribution in [2.45, 2.75) is 29.0 Å². The van der Waals surface area contributed by atoms with Crippen LogP contribution in [0.4, 0.5) is 5.69 Å². The van der Waals surface area contributed by atoms with Crippen LogP contribution in [0.3, 0.4) is 0 Å². The molecule has 1 unspecified atom stereocenters. The van der Waals surface area contributed by atoms with Gasteiger partial charge in [-0.05, 0) is 50.7 Å². The highest BCUT2D eigenvalue weighted by atomic mass is 32.2. The van der Waals surface area contributed by atoms with E-state index >= 15 is 0 Å². The number of rotatable bonds is 7. The summed E-state index contributed by atoms with van der Waals surface area (Å²) in [6.45, 7) is 6.07. The number of aryl methyl sites for hydroxylation is 1. The minimum atomic E-state index is -3.56. The van der Waals surface area contributed by atoms with Crippen molar-refractivity contribution >= 4 is 33.4 Å². The van der Waals surface area contributed by atoms with Crippen LogP contribution in [0.5, 0.6) is 5.75 Å². The molecule has 1 aliphatic rings. The Kier molecular flexibility index (Phi) is 7.58. The van der Waals surface area contributed by atoms with Gasteiger partial charge in [0, 0.05) is 32.4 Å². The van der Waals surface area contributed by atoms with E-state index in [1.807, 2.05) is 32.2 Å². The van der Waals surface area contributed by atoms with Crippen LogP contribution in [-0.4, -0.2) is 74.1 Å². The monoisotopic (exact) mass is 464 g/mol. The van der Waals surface area contributed by atoms with E-state index in [1.54, 1.807) is 26.2 Å². The normalized spacial score (nSPS) is 16.6. The summed E-state index contributed by atoms with van der Waals surface area (Å²) in [6.07, 6.45) is 1.37. The van der Waals surface area contributed by atoms with Gasteiger partial charge in [0.05, 0.1) is 23.1 Å². The van der Waals surface area contributed by atoms with Gasteiger partial charge in [0.1, 0.15) is 10.6 Å². The molecular weight excluding hydrogens is 436 g/mol. The highest BCUT2D eigenvalue weighted by Gasteiger charge is 2.28. The topological polar surface area (TPSA) is 91.8 Å². The Morgan fingerprint density at radius 3 is 2.52 bits per heavy atom. The second-order valence-electron chi connectivity index (χ2n) is 7.49. The molecule has 8 nitrogen and oxygen atoms in total. The number of likely N-dealkylation sites (N-methyl/N-ethyl adjacent to an activating group) is 1. The Hall–Kier alpha value is -2.14. The number of piperazine rings is 1. The number of anilines is 1. The van der Waals surface area contributed by atoms with Gasteiger partial charge in [-0.15, -0.1) is 0 Å². The number of thioether (sulfide) groups is 1. The zero-order chi connectivity index (χ0) is 22.6.